The Kier molecular flexibility index (Phi) is 10.2. The van der Waals surface area contributed by atoms with E-state index >= 15 is 17.6 Å². The summed E-state index contributed by atoms with van der Waals surface area (Å²) in [6.45, 7) is 0. The average Bonchev–Trinajstić information content (AvgIpc) is 3.30. The number of alkyl halides is 6. The number of para-hydroxylation sites is 2. The summed E-state index contributed by atoms with van der Waals surface area (Å²) in [5.41, 5.74) is 0.551. The lowest BCUT2D eigenvalue weighted by molar-refractivity contribution is -0.138. The van der Waals surface area contributed by atoms with Gasteiger partial charge in [-0.05, 0) is 152 Å². The first-order valence-electron chi connectivity index (χ1n) is 20.4. The second kappa shape index (κ2) is 16.0. The summed E-state index contributed by atoms with van der Waals surface area (Å²) in [4.78, 5) is 2.84. The molecule has 0 heterocycles. The van der Waals surface area contributed by atoms with Crippen LogP contribution in [0.1, 0.15) is 11.1 Å². The van der Waals surface area contributed by atoms with Gasteiger partial charge in [-0.15, -0.1) is 0 Å². The molecule has 0 amide bonds. The SMILES string of the molecule is Fc1ccccc1N(c1cc2ccc3cc(N(c4ccccc4F)c4cc(-c5ccc(C(F)(F)F)cc5)ccc4F)cc4ccc(c1)c2c34)c1cc(-c2ccc(C(F)(F)F)cc2)ccc1F. The highest BCUT2D eigenvalue weighted by atomic mass is 19.4. The van der Waals surface area contributed by atoms with Crippen molar-refractivity contribution in [2.75, 3.05) is 9.80 Å². The highest BCUT2D eigenvalue weighted by Crippen LogP contribution is 2.47. The first kappa shape index (κ1) is 42.1. The fourth-order valence-corrected chi connectivity index (χ4v) is 8.58. The van der Waals surface area contributed by atoms with Gasteiger partial charge in [0.1, 0.15) is 23.3 Å². The summed E-state index contributed by atoms with van der Waals surface area (Å²) in [5.74, 6) is -2.75. The minimum atomic E-state index is -4.55. The van der Waals surface area contributed by atoms with Crippen LogP contribution in [0.4, 0.5) is 78.0 Å². The molecule has 0 saturated carbocycles. The van der Waals surface area contributed by atoms with E-state index < -0.39 is 46.7 Å². The molecule has 0 atom stereocenters. The maximum absolute atomic E-state index is 16.1. The zero-order valence-corrected chi connectivity index (χ0v) is 34.0. The third-order valence-corrected chi connectivity index (χ3v) is 11.7. The van der Waals surface area contributed by atoms with Gasteiger partial charge in [0, 0.05) is 11.4 Å². The van der Waals surface area contributed by atoms with Crippen LogP contribution in [-0.4, -0.2) is 0 Å². The maximum atomic E-state index is 16.1. The van der Waals surface area contributed by atoms with E-state index in [4.69, 9.17) is 0 Å². The Balaban J connectivity index is 1.11. The van der Waals surface area contributed by atoms with E-state index in [2.05, 4.69) is 0 Å². The number of nitrogens with zero attached hydrogens (tertiary/aromatic N) is 2. The first-order chi connectivity index (χ1) is 31.6. The van der Waals surface area contributed by atoms with Gasteiger partial charge in [0.2, 0.25) is 0 Å². The molecule has 10 rings (SSSR count). The van der Waals surface area contributed by atoms with Crippen molar-refractivity contribution in [1.82, 2.24) is 0 Å². The molecule has 10 aromatic carbocycles. The molecule has 2 nitrogen and oxygen atoms in total. The summed E-state index contributed by atoms with van der Waals surface area (Å²) < 4.78 is 144. The topological polar surface area (TPSA) is 6.48 Å². The molecule has 0 aliphatic rings. The van der Waals surface area contributed by atoms with Crippen molar-refractivity contribution in [3.8, 4) is 22.3 Å². The Hall–Kier alpha value is -7.86. The largest absolute Gasteiger partial charge is 0.416 e. The standard InChI is InChI=1S/C54H30F10N2/c55-43-5-1-3-7-47(43)65(49-29-33(17-23-45(49)57)31-13-19-39(20-14-31)53(59,60)61)41-25-35-9-11-37-27-42(28-38-12-10-36(26-41)51(35)52(37)38)66(48-8-4-2-6-44(48)56)50-30-34(18-24-46(50)58)32-15-21-40(22-16-32)54(62,63)64/h1-30H. The van der Waals surface area contributed by atoms with Gasteiger partial charge in [-0.2, -0.15) is 26.3 Å². The van der Waals surface area contributed by atoms with E-state index in [0.29, 0.717) is 55.2 Å². The molecule has 12 heteroatoms. The Labute approximate surface area is 370 Å². The molecule has 0 bridgehead atoms. The summed E-state index contributed by atoms with van der Waals surface area (Å²) in [6, 6.07) is 43.2. The van der Waals surface area contributed by atoms with Crippen molar-refractivity contribution in [3.05, 3.63) is 216 Å². The lowest BCUT2D eigenvalue weighted by Gasteiger charge is -2.28. The number of hydrogen-bond donors (Lipinski definition) is 0. The summed E-state index contributed by atoms with van der Waals surface area (Å²) in [5, 5.41) is 4.34. The Morgan fingerprint density at radius 2 is 0.591 bits per heavy atom. The molecule has 66 heavy (non-hydrogen) atoms. The lowest BCUT2D eigenvalue weighted by Crippen LogP contribution is -2.14. The van der Waals surface area contributed by atoms with Crippen LogP contribution in [0.5, 0.6) is 0 Å². The van der Waals surface area contributed by atoms with Crippen LogP contribution < -0.4 is 9.80 Å². The van der Waals surface area contributed by atoms with Gasteiger partial charge >= 0.3 is 12.4 Å². The van der Waals surface area contributed by atoms with Crippen molar-refractivity contribution in [1.29, 1.82) is 0 Å². The quantitative estimate of drug-likeness (QED) is 0.111. The summed E-state index contributed by atoms with van der Waals surface area (Å²) in [6.07, 6.45) is -9.10. The number of hydrogen-bond acceptors (Lipinski definition) is 2. The van der Waals surface area contributed by atoms with Crippen LogP contribution in [0.15, 0.2) is 182 Å². The fraction of sp³-hybridized carbons (Fsp3) is 0.0370. The van der Waals surface area contributed by atoms with Crippen LogP contribution in [0, 0.1) is 23.3 Å². The number of halogens is 10. The number of benzene rings is 10. The molecular formula is C54H30F10N2. The normalized spacial score (nSPS) is 12.1. The molecule has 10 aromatic rings. The molecule has 0 aliphatic heterocycles. The average molecular weight is 897 g/mol. The summed E-state index contributed by atoms with van der Waals surface area (Å²) >= 11 is 0. The summed E-state index contributed by atoms with van der Waals surface area (Å²) in [7, 11) is 0. The molecule has 0 spiro atoms. The molecule has 0 aliphatic carbocycles. The Bertz CT molecular complexity index is 3160. The van der Waals surface area contributed by atoms with E-state index in [1.54, 1.807) is 36.4 Å². The first-order valence-corrected chi connectivity index (χ1v) is 20.4. The van der Waals surface area contributed by atoms with Gasteiger partial charge in [0.15, 0.2) is 0 Å². The monoisotopic (exact) mass is 896 g/mol. The number of rotatable bonds is 8. The molecule has 0 N–H and O–H groups in total. The van der Waals surface area contributed by atoms with Crippen LogP contribution >= 0.6 is 0 Å². The van der Waals surface area contributed by atoms with Gasteiger partial charge < -0.3 is 9.80 Å². The van der Waals surface area contributed by atoms with Gasteiger partial charge in [0.25, 0.3) is 0 Å². The zero-order valence-electron chi connectivity index (χ0n) is 34.0. The van der Waals surface area contributed by atoms with Crippen molar-refractivity contribution in [3.63, 3.8) is 0 Å². The zero-order chi connectivity index (χ0) is 46.1. The third kappa shape index (κ3) is 7.57. The molecule has 0 radical (unpaired) electrons. The van der Waals surface area contributed by atoms with Crippen LogP contribution in [-0.2, 0) is 12.4 Å². The van der Waals surface area contributed by atoms with Gasteiger partial charge in [0.05, 0.1) is 33.9 Å². The predicted molar refractivity (Wildman–Crippen MR) is 240 cm³/mol. The fourth-order valence-electron chi connectivity index (χ4n) is 8.58. The second-order valence-corrected chi connectivity index (χ2v) is 15.7. The third-order valence-electron chi connectivity index (χ3n) is 11.7. The molecular weight excluding hydrogens is 867 g/mol. The van der Waals surface area contributed by atoms with Crippen LogP contribution in [0.2, 0.25) is 0 Å². The smallest absolute Gasteiger partial charge is 0.305 e. The van der Waals surface area contributed by atoms with E-state index in [0.717, 1.165) is 35.0 Å². The lowest BCUT2D eigenvalue weighted by atomic mass is 9.92. The maximum Gasteiger partial charge on any atom is 0.416 e. The van der Waals surface area contributed by atoms with Crippen molar-refractivity contribution < 1.29 is 43.9 Å². The van der Waals surface area contributed by atoms with E-state index in [-0.39, 0.29) is 22.7 Å². The minimum absolute atomic E-state index is 0.0151. The minimum Gasteiger partial charge on any atom is -0.305 e. The van der Waals surface area contributed by atoms with E-state index in [1.165, 1.54) is 107 Å². The molecule has 0 aromatic heterocycles. The van der Waals surface area contributed by atoms with Gasteiger partial charge in [-0.1, -0.05) is 84.9 Å². The number of anilines is 6. The van der Waals surface area contributed by atoms with Crippen molar-refractivity contribution in [2.45, 2.75) is 12.4 Å². The van der Waals surface area contributed by atoms with Crippen LogP contribution in [0.3, 0.4) is 0 Å². The molecule has 326 valence electrons. The highest BCUT2D eigenvalue weighted by Gasteiger charge is 2.31. The predicted octanol–water partition coefficient (Wildman–Crippen LogP) is 17.5. The molecule has 0 fully saturated rings. The van der Waals surface area contributed by atoms with E-state index in [1.807, 2.05) is 24.3 Å². The van der Waals surface area contributed by atoms with Crippen LogP contribution in [0.25, 0.3) is 54.6 Å². The Morgan fingerprint density at radius 1 is 0.288 bits per heavy atom. The Morgan fingerprint density at radius 3 is 0.909 bits per heavy atom. The van der Waals surface area contributed by atoms with E-state index in [9.17, 15) is 26.3 Å². The van der Waals surface area contributed by atoms with Crippen molar-refractivity contribution >= 4 is 66.4 Å². The second-order valence-electron chi connectivity index (χ2n) is 15.7. The van der Waals surface area contributed by atoms with Crippen molar-refractivity contribution in [2.24, 2.45) is 0 Å². The van der Waals surface area contributed by atoms with Gasteiger partial charge in [-0.3, -0.25) is 0 Å². The molecule has 0 unspecified atom stereocenters. The molecule has 0 saturated heterocycles. The highest BCUT2D eigenvalue weighted by molar-refractivity contribution is 6.24. The van der Waals surface area contributed by atoms with Gasteiger partial charge in [-0.25, -0.2) is 17.6 Å².